The van der Waals surface area contributed by atoms with E-state index in [-0.39, 0.29) is 25.0 Å². The minimum atomic E-state index is -0.132. The summed E-state index contributed by atoms with van der Waals surface area (Å²) in [6, 6.07) is 10.5. The summed E-state index contributed by atoms with van der Waals surface area (Å²) in [5.74, 6) is 0.897. The number of ether oxygens (including phenoxy) is 1. The Labute approximate surface area is 170 Å². The molecule has 2 aliphatic rings. The van der Waals surface area contributed by atoms with Crippen LogP contribution >= 0.6 is 0 Å². The number of carbonyl (C=O) groups excluding carboxylic acids is 2. The Balaban J connectivity index is 1.31. The van der Waals surface area contributed by atoms with Crippen molar-refractivity contribution < 1.29 is 14.3 Å². The van der Waals surface area contributed by atoms with E-state index in [1.54, 1.807) is 12.4 Å². The third kappa shape index (κ3) is 4.71. The van der Waals surface area contributed by atoms with Crippen LogP contribution in [0.4, 0.5) is 5.82 Å². The number of likely N-dealkylation sites (tertiary alicyclic amines) is 1. The van der Waals surface area contributed by atoms with Crippen LogP contribution in [0.25, 0.3) is 0 Å². The third-order valence-corrected chi connectivity index (χ3v) is 5.28. The van der Waals surface area contributed by atoms with E-state index in [0.717, 1.165) is 32.7 Å². The highest BCUT2D eigenvalue weighted by molar-refractivity contribution is 6.01. The zero-order valence-corrected chi connectivity index (χ0v) is 16.4. The van der Waals surface area contributed by atoms with Crippen LogP contribution in [0.15, 0.2) is 42.7 Å². The smallest absolute Gasteiger partial charge is 0.257 e. The Morgan fingerprint density at radius 3 is 2.31 bits per heavy atom. The lowest BCUT2D eigenvalue weighted by Crippen LogP contribution is -2.46. The van der Waals surface area contributed by atoms with Crippen molar-refractivity contribution in [1.82, 2.24) is 19.8 Å². The zero-order chi connectivity index (χ0) is 20.1. The summed E-state index contributed by atoms with van der Waals surface area (Å²) in [5.41, 5.74) is 1.32. The lowest BCUT2D eigenvalue weighted by molar-refractivity contribution is -0.138. The van der Waals surface area contributed by atoms with Gasteiger partial charge in [0.15, 0.2) is 5.82 Å². The molecule has 2 saturated heterocycles. The van der Waals surface area contributed by atoms with Gasteiger partial charge in [-0.1, -0.05) is 30.3 Å². The first-order chi connectivity index (χ1) is 14.2. The lowest BCUT2D eigenvalue weighted by atomic mass is 10.2. The molecule has 1 aromatic heterocycles. The monoisotopic (exact) mass is 395 g/mol. The molecule has 0 atom stereocenters. The van der Waals surface area contributed by atoms with E-state index < -0.39 is 0 Å². The van der Waals surface area contributed by atoms with Crippen molar-refractivity contribution in [2.24, 2.45) is 0 Å². The van der Waals surface area contributed by atoms with Gasteiger partial charge in [0.2, 0.25) is 11.8 Å². The van der Waals surface area contributed by atoms with Crippen molar-refractivity contribution in [3.8, 4) is 5.88 Å². The Morgan fingerprint density at radius 1 is 0.897 bits per heavy atom. The predicted molar refractivity (Wildman–Crippen MR) is 107 cm³/mol. The second kappa shape index (κ2) is 9.00. The molecule has 152 valence electrons. The van der Waals surface area contributed by atoms with Gasteiger partial charge in [-0.3, -0.25) is 19.4 Å². The number of amides is 2. The van der Waals surface area contributed by atoms with E-state index in [1.807, 2.05) is 6.07 Å². The maximum Gasteiger partial charge on any atom is 0.257 e. The molecule has 1 aromatic carbocycles. The van der Waals surface area contributed by atoms with Crippen LogP contribution in [0.3, 0.4) is 0 Å². The average Bonchev–Trinajstić information content (AvgIpc) is 3.08. The summed E-state index contributed by atoms with van der Waals surface area (Å²) in [5, 5.41) is 0. The number of imide groups is 1. The average molecular weight is 395 g/mol. The number of benzene rings is 1. The van der Waals surface area contributed by atoms with Crippen LogP contribution < -0.4 is 9.64 Å². The number of rotatable bonds is 7. The SMILES string of the molecule is O=C1CCC(=O)N1CCOc1nccnc1N1CCN(Cc2ccccc2)CC1. The van der Waals surface area contributed by atoms with E-state index in [9.17, 15) is 9.59 Å². The van der Waals surface area contributed by atoms with Crippen molar-refractivity contribution in [2.75, 3.05) is 44.2 Å². The fourth-order valence-electron chi connectivity index (χ4n) is 3.70. The van der Waals surface area contributed by atoms with Crippen molar-refractivity contribution in [2.45, 2.75) is 19.4 Å². The fourth-order valence-corrected chi connectivity index (χ4v) is 3.70. The Kier molecular flexibility index (Phi) is 6.00. The molecular formula is C21H25N5O3. The molecule has 0 unspecified atom stereocenters. The molecule has 2 aromatic rings. The summed E-state index contributed by atoms with van der Waals surface area (Å²) >= 11 is 0. The third-order valence-electron chi connectivity index (χ3n) is 5.28. The number of anilines is 1. The van der Waals surface area contributed by atoms with Gasteiger partial charge >= 0.3 is 0 Å². The first kappa shape index (κ1) is 19.3. The molecule has 0 spiro atoms. The van der Waals surface area contributed by atoms with Crippen LogP contribution in [0.2, 0.25) is 0 Å². The highest BCUT2D eigenvalue weighted by Crippen LogP contribution is 2.24. The Hall–Kier alpha value is -3.00. The predicted octanol–water partition coefficient (Wildman–Crippen LogP) is 1.33. The van der Waals surface area contributed by atoms with Gasteiger partial charge in [0, 0.05) is 58.0 Å². The topological polar surface area (TPSA) is 78.9 Å². The summed E-state index contributed by atoms with van der Waals surface area (Å²) in [4.78, 5) is 38.1. The van der Waals surface area contributed by atoms with Gasteiger partial charge in [-0.25, -0.2) is 9.97 Å². The van der Waals surface area contributed by atoms with Crippen molar-refractivity contribution >= 4 is 17.6 Å². The zero-order valence-electron chi connectivity index (χ0n) is 16.4. The highest BCUT2D eigenvalue weighted by Gasteiger charge is 2.28. The van der Waals surface area contributed by atoms with Crippen molar-refractivity contribution in [3.63, 3.8) is 0 Å². The van der Waals surface area contributed by atoms with Crippen LogP contribution in [0, 0.1) is 0 Å². The number of hydrogen-bond donors (Lipinski definition) is 0. The van der Waals surface area contributed by atoms with Gasteiger partial charge in [0.1, 0.15) is 6.61 Å². The Morgan fingerprint density at radius 2 is 1.59 bits per heavy atom. The molecule has 0 N–H and O–H groups in total. The number of carbonyl (C=O) groups is 2. The molecule has 3 heterocycles. The maximum absolute atomic E-state index is 11.7. The van der Waals surface area contributed by atoms with E-state index in [2.05, 4.69) is 44.0 Å². The summed E-state index contributed by atoms with van der Waals surface area (Å²) in [7, 11) is 0. The molecule has 0 bridgehead atoms. The van der Waals surface area contributed by atoms with Crippen molar-refractivity contribution in [3.05, 3.63) is 48.3 Å². The normalized spacial score (nSPS) is 17.8. The van der Waals surface area contributed by atoms with Gasteiger partial charge in [0.05, 0.1) is 6.54 Å². The van der Waals surface area contributed by atoms with E-state index in [1.165, 1.54) is 10.5 Å². The van der Waals surface area contributed by atoms with Gasteiger partial charge in [-0.2, -0.15) is 0 Å². The molecule has 8 heteroatoms. The summed E-state index contributed by atoms with van der Waals surface area (Å²) < 4.78 is 5.80. The number of piperazine rings is 1. The molecular weight excluding hydrogens is 370 g/mol. The molecule has 2 fully saturated rings. The molecule has 29 heavy (non-hydrogen) atoms. The minimum absolute atomic E-state index is 0.132. The number of nitrogens with zero attached hydrogens (tertiary/aromatic N) is 5. The van der Waals surface area contributed by atoms with Crippen LogP contribution in [-0.2, 0) is 16.1 Å². The van der Waals surface area contributed by atoms with Gasteiger partial charge in [-0.15, -0.1) is 0 Å². The highest BCUT2D eigenvalue weighted by atomic mass is 16.5. The molecule has 4 rings (SSSR count). The summed E-state index contributed by atoms with van der Waals surface area (Å²) in [6.45, 7) is 4.95. The fraction of sp³-hybridized carbons (Fsp3) is 0.429. The minimum Gasteiger partial charge on any atom is -0.473 e. The second-order valence-electron chi connectivity index (χ2n) is 7.22. The number of hydrogen-bond acceptors (Lipinski definition) is 7. The van der Waals surface area contributed by atoms with Gasteiger partial charge in [0.25, 0.3) is 5.88 Å². The van der Waals surface area contributed by atoms with E-state index in [0.29, 0.717) is 24.5 Å². The molecule has 0 aliphatic carbocycles. The standard InChI is InChI=1S/C21H25N5O3/c27-18-6-7-19(28)26(18)14-15-29-21-20(22-8-9-23-21)25-12-10-24(11-13-25)16-17-4-2-1-3-5-17/h1-5,8-9H,6-7,10-16H2. The van der Waals surface area contributed by atoms with E-state index >= 15 is 0 Å². The largest absolute Gasteiger partial charge is 0.473 e. The molecule has 8 nitrogen and oxygen atoms in total. The molecule has 0 radical (unpaired) electrons. The molecule has 0 saturated carbocycles. The number of aromatic nitrogens is 2. The summed E-state index contributed by atoms with van der Waals surface area (Å²) in [6.07, 6.45) is 3.84. The maximum atomic E-state index is 11.7. The van der Waals surface area contributed by atoms with Crippen molar-refractivity contribution in [1.29, 1.82) is 0 Å². The van der Waals surface area contributed by atoms with Crippen LogP contribution in [-0.4, -0.2) is 70.9 Å². The quantitative estimate of drug-likeness (QED) is 0.655. The molecule has 2 amide bonds. The van der Waals surface area contributed by atoms with Gasteiger partial charge < -0.3 is 9.64 Å². The second-order valence-corrected chi connectivity index (χ2v) is 7.22. The lowest BCUT2D eigenvalue weighted by Gasteiger charge is -2.35. The Bertz CT molecular complexity index is 836. The first-order valence-corrected chi connectivity index (χ1v) is 9.99. The van der Waals surface area contributed by atoms with Gasteiger partial charge in [-0.05, 0) is 5.56 Å². The first-order valence-electron chi connectivity index (χ1n) is 9.99. The van der Waals surface area contributed by atoms with Crippen LogP contribution in [0.5, 0.6) is 5.88 Å². The molecule has 2 aliphatic heterocycles. The van der Waals surface area contributed by atoms with Crippen LogP contribution in [0.1, 0.15) is 18.4 Å². The van der Waals surface area contributed by atoms with E-state index in [4.69, 9.17) is 4.74 Å².